The second-order valence-corrected chi connectivity index (χ2v) is 3.57. The molecule has 1 aromatic carbocycles. The van der Waals surface area contributed by atoms with E-state index in [1.165, 1.54) is 13.8 Å². The Labute approximate surface area is 83.3 Å². The van der Waals surface area contributed by atoms with Crippen LogP contribution in [0.3, 0.4) is 0 Å². The van der Waals surface area contributed by atoms with E-state index in [2.05, 4.69) is 0 Å². The van der Waals surface area contributed by atoms with Crippen molar-refractivity contribution in [1.29, 1.82) is 0 Å². The number of hydrogen-bond donors (Lipinski definition) is 1. The molecule has 0 saturated carbocycles. The monoisotopic (exact) mass is 198 g/mol. The molecule has 0 bridgehead atoms. The van der Waals surface area contributed by atoms with Crippen molar-refractivity contribution in [2.45, 2.75) is 19.5 Å². The zero-order valence-electron chi connectivity index (χ0n) is 8.46. The van der Waals surface area contributed by atoms with Crippen molar-refractivity contribution in [2.24, 2.45) is 0 Å². The van der Waals surface area contributed by atoms with E-state index in [9.17, 15) is 4.39 Å². The molecule has 0 aromatic heterocycles. The predicted octanol–water partition coefficient (Wildman–Crippen LogP) is 2.26. The Kier molecular flexibility index (Phi) is 3.47. The van der Waals surface area contributed by atoms with Crippen LogP contribution in [0.4, 0.5) is 4.39 Å². The van der Waals surface area contributed by atoms with Gasteiger partial charge in [0.15, 0.2) is 0 Å². The number of rotatable bonds is 4. The van der Waals surface area contributed by atoms with E-state index in [0.717, 1.165) is 0 Å². The number of benzene rings is 1. The molecule has 0 atom stereocenters. The third-order valence-electron chi connectivity index (χ3n) is 1.90. The summed E-state index contributed by atoms with van der Waals surface area (Å²) in [4.78, 5) is 0. The van der Waals surface area contributed by atoms with Gasteiger partial charge in [0.05, 0.1) is 6.61 Å². The average Bonchev–Trinajstić information content (AvgIpc) is 2.14. The van der Waals surface area contributed by atoms with Crippen molar-refractivity contribution in [3.63, 3.8) is 0 Å². The van der Waals surface area contributed by atoms with Gasteiger partial charge in [-0.05, 0) is 31.5 Å². The van der Waals surface area contributed by atoms with Crippen LogP contribution >= 0.6 is 0 Å². The van der Waals surface area contributed by atoms with Gasteiger partial charge in [-0.25, -0.2) is 4.39 Å². The molecular weight excluding hydrogens is 183 g/mol. The maximum absolute atomic E-state index is 13.4. The highest BCUT2D eigenvalue weighted by Gasteiger charge is 2.17. The highest BCUT2D eigenvalue weighted by atomic mass is 19.1. The SMILES string of the molecule is CC(C)(F)c1ccc(OCCO)cc1. The van der Waals surface area contributed by atoms with Gasteiger partial charge in [0.2, 0.25) is 0 Å². The third kappa shape index (κ3) is 3.00. The highest BCUT2D eigenvalue weighted by molar-refractivity contribution is 5.30. The second-order valence-electron chi connectivity index (χ2n) is 3.57. The molecule has 14 heavy (non-hydrogen) atoms. The Bertz CT molecular complexity index is 274. The van der Waals surface area contributed by atoms with E-state index in [0.29, 0.717) is 11.3 Å². The molecule has 0 heterocycles. The summed E-state index contributed by atoms with van der Waals surface area (Å²) < 4.78 is 18.6. The lowest BCUT2D eigenvalue weighted by molar-refractivity contribution is 0.200. The van der Waals surface area contributed by atoms with Gasteiger partial charge >= 0.3 is 0 Å². The summed E-state index contributed by atoms with van der Waals surface area (Å²) in [5, 5.41) is 8.53. The summed E-state index contributed by atoms with van der Waals surface area (Å²) in [7, 11) is 0. The molecule has 0 aliphatic heterocycles. The number of ether oxygens (including phenoxy) is 1. The van der Waals surface area contributed by atoms with Crippen LogP contribution in [0.2, 0.25) is 0 Å². The number of halogens is 1. The smallest absolute Gasteiger partial charge is 0.130 e. The van der Waals surface area contributed by atoms with E-state index in [1.54, 1.807) is 24.3 Å². The molecule has 1 aromatic rings. The van der Waals surface area contributed by atoms with Crippen LogP contribution in [0.25, 0.3) is 0 Å². The number of alkyl halides is 1. The summed E-state index contributed by atoms with van der Waals surface area (Å²) >= 11 is 0. The fraction of sp³-hybridized carbons (Fsp3) is 0.455. The molecule has 0 radical (unpaired) electrons. The van der Waals surface area contributed by atoms with E-state index in [1.807, 2.05) is 0 Å². The normalized spacial score (nSPS) is 11.4. The zero-order valence-corrected chi connectivity index (χ0v) is 8.46. The fourth-order valence-electron chi connectivity index (χ4n) is 1.11. The molecule has 0 aliphatic rings. The Hall–Kier alpha value is -1.09. The Morgan fingerprint density at radius 2 is 1.86 bits per heavy atom. The molecule has 0 unspecified atom stereocenters. The highest BCUT2D eigenvalue weighted by Crippen LogP contribution is 2.25. The summed E-state index contributed by atoms with van der Waals surface area (Å²) in [6, 6.07) is 6.78. The molecule has 1 rings (SSSR count). The quantitative estimate of drug-likeness (QED) is 0.804. The molecule has 0 spiro atoms. The first kappa shape index (κ1) is 11.0. The van der Waals surface area contributed by atoms with E-state index < -0.39 is 5.67 Å². The topological polar surface area (TPSA) is 29.5 Å². The first-order valence-electron chi connectivity index (χ1n) is 4.57. The summed E-state index contributed by atoms with van der Waals surface area (Å²) in [6.45, 7) is 3.27. The van der Waals surface area contributed by atoms with Gasteiger partial charge in [0.1, 0.15) is 18.0 Å². The largest absolute Gasteiger partial charge is 0.491 e. The van der Waals surface area contributed by atoms with Crippen LogP contribution in [0, 0.1) is 0 Å². The molecule has 1 N–H and O–H groups in total. The number of hydrogen-bond acceptors (Lipinski definition) is 2. The Morgan fingerprint density at radius 1 is 1.29 bits per heavy atom. The molecule has 0 amide bonds. The van der Waals surface area contributed by atoms with Crippen LogP contribution in [-0.4, -0.2) is 18.3 Å². The van der Waals surface area contributed by atoms with Crippen LogP contribution in [-0.2, 0) is 5.67 Å². The molecular formula is C11H15FO2. The van der Waals surface area contributed by atoms with E-state index in [4.69, 9.17) is 9.84 Å². The van der Waals surface area contributed by atoms with Crippen molar-refractivity contribution in [3.05, 3.63) is 29.8 Å². The van der Waals surface area contributed by atoms with E-state index in [-0.39, 0.29) is 13.2 Å². The van der Waals surface area contributed by atoms with Gasteiger partial charge in [0.25, 0.3) is 0 Å². The maximum Gasteiger partial charge on any atom is 0.130 e. The van der Waals surface area contributed by atoms with Crippen molar-refractivity contribution >= 4 is 0 Å². The van der Waals surface area contributed by atoms with Crippen LogP contribution in [0.5, 0.6) is 5.75 Å². The standard InChI is InChI=1S/C11H15FO2/c1-11(2,12)9-3-5-10(6-4-9)14-8-7-13/h3-6,13H,7-8H2,1-2H3. The number of aliphatic hydroxyl groups is 1. The Morgan fingerprint density at radius 3 is 2.29 bits per heavy atom. The zero-order chi connectivity index (χ0) is 10.6. The molecule has 0 fully saturated rings. The lowest BCUT2D eigenvalue weighted by Gasteiger charge is -2.14. The molecule has 0 aliphatic carbocycles. The van der Waals surface area contributed by atoms with Crippen LogP contribution in [0.15, 0.2) is 24.3 Å². The summed E-state index contributed by atoms with van der Waals surface area (Å²) in [5.74, 6) is 0.645. The van der Waals surface area contributed by atoms with Crippen LogP contribution in [0.1, 0.15) is 19.4 Å². The van der Waals surface area contributed by atoms with Gasteiger partial charge < -0.3 is 9.84 Å². The van der Waals surface area contributed by atoms with Crippen molar-refractivity contribution in [1.82, 2.24) is 0 Å². The lowest BCUT2D eigenvalue weighted by Crippen LogP contribution is -2.08. The minimum atomic E-state index is -1.32. The Balaban J connectivity index is 2.69. The molecule has 2 nitrogen and oxygen atoms in total. The first-order chi connectivity index (χ1) is 6.54. The summed E-state index contributed by atoms with van der Waals surface area (Å²) in [6.07, 6.45) is 0. The van der Waals surface area contributed by atoms with Gasteiger partial charge in [0, 0.05) is 0 Å². The second kappa shape index (κ2) is 4.42. The lowest BCUT2D eigenvalue weighted by atomic mass is 10.0. The number of aliphatic hydroxyl groups excluding tert-OH is 1. The molecule has 78 valence electrons. The van der Waals surface area contributed by atoms with Gasteiger partial charge in [-0.1, -0.05) is 12.1 Å². The van der Waals surface area contributed by atoms with Gasteiger partial charge in [-0.3, -0.25) is 0 Å². The maximum atomic E-state index is 13.4. The summed E-state index contributed by atoms with van der Waals surface area (Å²) in [5.41, 5.74) is -0.705. The minimum absolute atomic E-state index is 0.0175. The predicted molar refractivity (Wildman–Crippen MR) is 53.2 cm³/mol. The fourth-order valence-corrected chi connectivity index (χ4v) is 1.11. The van der Waals surface area contributed by atoms with Crippen molar-refractivity contribution in [2.75, 3.05) is 13.2 Å². The minimum Gasteiger partial charge on any atom is -0.491 e. The van der Waals surface area contributed by atoms with Gasteiger partial charge in [-0.2, -0.15) is 0 Å². The average molecular weight is 198 g/mol. The van der Waals surface area contributed by atoms with Crippen molar-refractivity contribution in [3.8, 4) is 5.75 Å². The molecule has 3 heteroatoms. The van der Waals surface area contributed by atoms with E-state index >= 15 is 0 Å². The molecule has 0 saturated heterocycles. The van der Waals surface area contributed by atoms with Crippen molar-refractivity contribution < 1.29 is 14.2 Å². The van der Waals surface area contributed by atoms with Gasteiger partial charge in [-0.15, -0.1) is 0 Å². The first-order valence-corrected chi connectivity index (χ1v) is 4.57. The third-order valence-corrected chi connectivity index (χ3v) is 1.90. The van der Waals surface area contributed by atoms with Crippen LogP contribution < -0.4 is 4.74 Å².